The summed E-state index contributed by atoms with van der Waals surface area (Å²) in [5.74, 6) is 0.168. The molecule has 1 aromatic heterocycles. The van der Waals surface area contributed by atoms with E-state index in [9.17, 15) is 9.59 Å². The minimum absolute atomic E-state index is 0.0342. The van der Waals surface area contributed by atoms with E-state index < -0.39 is 0 Å². The molecule has 1 saturated heterocycles. The van der Waals surface area contributed by atoms with Crippen molar-refractivity contribution in [3.8, 4) is 0 Å². The van der Waals surface area contributed by atoms with Crippen LogP contribution in [0.5, 0.6) is 0 Å². The molecule has 6 heteroatoms. The molecule has 1 N–H and O–H groups in total. The number of aromatic nitrogens is 2. The van der Waals surface area contributed by atoms with Crippen molar-refractivity contribution in [3.63, 3.8) is 0 Å². The molecule has 0 atom stereocenters. The molecule has 2 aromatic rings. The zero-order valence-corrected chi connectivity index (χ0v) is 16.8. The van der Waals surface area contributed by atoms with Gasteiger partial charge in [0.25, 0.3) is 11.8 Å². The Bertz CT molecular complexity index is 910. The number of rotatable bonds is 3. The predicted molar refractivity (Wildman–Crippen MR) is 109 cm³/mol. The van der Waals surface area contributed by atoms with Crippen LogP contribution in [-0.4, -0.2) is 39.4 Å². The summed E-state index contributed by atoms with van der Waals surface area (Å²) in [6, 6.07) is 5.87. The smallest absolute Gasteiger partial charge is 0.289 e. The van der Waals surface area contributed by atoms with E-state index in [1.165, 1.54) is 12.0 Å². The molecular formula is C22H28N4O2. The van der Waals surface area contributed by atoms with Gasteiger partial charge in [0, 0.05) is 25.3 Å². The van der Waals surface area contributed by atoms with Gasteiger partial charge in [0.15, 0.2) is 11.5 Å². The minimum Gasteiger partial charge on any atom is -0.336 e. The van der Waals surface area contributed by atoms with Gasteiger partial charge in [0.2, 0.25) is 0 Å². The molecule has 0 unspecified atom stereocenters. The lowest BCUT2D eigenvalue weighted by atomic mass is 10.1. The molecule has 2 aliphatic rings. The first-order valence-electron chi connectivity index (χ1n) is 10.3. The van der Waals surface area contributed by atoms with Crippen LogP contribution in [0, 0.1) is 13.8 Å². The topological polar surface area (TPSA) is 67.2 Å². The zero-order valence-electron chi connectivity index (χ0n) is 16.8. The second-order valence-corrected chi connectivity index (χ2v) is 7.95. The van der Waals surface area contributed by atoms with Crippen molar-refractivity contribution < 1.29 is 9.59 Å². The largest absolute Gasteiger partial charge is 0.336 e. The van der Waals surface area contributed by atoms with Crippen LogP contribution in [0.15, 0.2) is 18.2 Å². The number of carbonyl (C=O) groups is 2. The second kappa shape index (κ2) is 7.78. The van der Waals surface area contributed by atoms with E-state index >= 15 is 0 Å². The van der Waals surface area contributed by atoms with Gasteiger partial charge in [0.1, 0.15) is 0 Å². The van der Waals surface area contributed by atoms with Gasteiger partial charge in [-0.1, -0.05) is 6.07 Å². The molecule has 1 aromatic carbocycles. The summed E-state index contributed by atoms with van der Waals surface area (Å²) in [6.07, 6.45) is 6.08. The number of aryl methyl sites for hydroxylation is 2. The quantitative estimate of drug-likeness (QED) is 0.883. The molecule has 2 aliphatic heterocycles. The third-order valence-electron chi connectivity index (χ3n) is 5.93. The number of likely N-dealkylation sites (tertiary alicyclic amines) is 1. The number of fused-ring (bicyclic) bond motifs is 1. The van der Waals surface area contributed by atoms with Crippen LogP contribution in [0.1, 0.15) is 70.0 Å². The number of piperidine rings is 1. The Hall–Kier alpha value is -2.63. The molecule has 0 radical (unpaired) electrons. The molecule has 148 valence electrons. The Labute approximate surface area is 165 Å². The van der Waals surface area contributed by atoms with Crippen LogP contribution in [-0.2, 0) is 13.0 Å². The van der Waals surface area contributed by atoms with Gasteiger partial charge in [-0.2, -0.15) is 0 Å². The molecule has 28 heavy (non-hydrogen) atoms. The number of nitrogens with one attached hydrogen (secondary N) is 1. The fraction of sp³-hybridized carbons (Fsp3) is 0.500. The molecule has 0 bridgehead atoms. The number of imidazole rings is 1. The summed E-state index contributed by atoms with van der Waals surface area (Å²) >= 11 is 0. The summed E-state index contributed by atoms with van der Waals surface area (Å²) in [7, 11) is 0. The van der Waals surface area contributed by atoms with Crippen molar-refractivity contribution in [1.82, 2.24) is 14.5 Å². The van der Waals surface area contributed by atoms with Crippen molar-refractivity contribution >= 4 is 17.5 Å². The molecule has 2 amide bonds. The van der Waals surface area contributed by atoms with Gasteiger partial charge in [-0.3, -0.25) is 9.59 Å². The van der Waals surface area contributed by atoms with Gasteiger partial charge in [-0.25, -0.2) is 4.98 Å². The molecular weight excluding hydrogens is 352 g/mol. The van der Waals surface area contributed by atoms with Crippen LogP contribution in [0.4, 0.5) is 5.69 Å². The van der Waals surface area contributed by atoms with E-state index in [-0.39, 0.29) is 11.8 Å². The van der Waals surface area contributed by atoms with Gasteiger partial charge in [-0.15, -0.1) is 0 Å². The Balaban J connectivity index is 1.63. The second-order valence-electron chi connectivity index (χ2n) is 7.95. The number of nitrogens with zero attached hydrogens (tertiary/aromatic N) is 3. The maximum Gasteiger partial charge on any atom is 0.289 e. The summed E-state index contributed by atoms with van der Waals surface area (Å²) in [5, 5.41) is 2.97. The molecule has 0 aliphatic carbocycles. The third-order valence-corrected chi connectivity index (χ3v) is 5.93. The van der Waals surface area contributed by atoms with E-state index in [1.807, 2.05) is 41.5 Å². The fourth-order valence-corrected chi connectivity index (χ4v) is 4.14. The summed E-state index contributed by atoms with van der Waals surface area (Å²) in [6.45, 7) is 6.40. The average molecular weight is 380 g/mol. The summed E-state index contributed by atoms with van der Waals surface area (Å²) < 4.78 is 1.98. The number of anilines is 1. The predicted octanol–water partition coefficient (Wildman–Crippen LogP) is 3.71. The van der Waals surface area contributed by atoms with Crippen molar-refractivity contribution in [2.24, 2.45) is 0 Å². The van der Waals surface area contributed by atoms with Crippen molar-refractivity contribution in [2.75, 3.05) is 18.4 Å². The van der Waals surface area contributed by atoms with E-state index in [0.29, 0.717) is 11.5 Å². The van der Waals surface area contributed by atoms with Gasteiger partial charge in [-0.05, 0) is 75.6 Å². The fourth-order valence-electron chi connectivity index (χ4n) is 4.14. The van der Waals surface area contributed by atoms with E-state index in [2.05, 4.69) is 10.3 Å². The highest BCUT2D eigenvalue weighted by atomic mass is 16.2. The van der Waals surface area contributed by atoms with Crippen LogP contribution in [0.2, 0.25) is 0 Å². The van der Waals surface area contributed by atoms with E-state index in [1.54, 1.807) is 0 Å². The number of carbonyl (C=O) groups excluding carboxylic acids is 2. The Kier molecular flexibility index (Phi) is 5.20. The first kappa shape index (κ1) is 18.7. The van der Waals surface area contributed by atoms with Gasteiger partial charge >= 0.3 is 0 Å². The zero-order chi connectivity index (χ0) is 19.7. The number of hydrogen-bond donors (Lipinski definition) is 1. The standard InChI is InChI=1S/C22H28N4O2/c1-15-9-10-17(14-16(15)2)23-21(27)19-18-8-4-7-13-26(18)20(24-19)22(28)25-11-5-3-6-12-25/h9-10,14H,3-8,11-13H2,1-2H3,(H,23,27). The highest BCUT2D eigenvalue weighted by molar-refractivity contribution is 6.05. The Morgan fingerprint density at radius 1 is 0.964 bits per heavy atom. The molecule has 4 rings (SSSR count). The first-order valence-corrected chi connectivity index (χ1v) is 10.3. The lowest BCUT2D eigenvalue weighted by molar-refractivity contribution is 0.0705. The lowest BCUT2D eigenvalue weighted by Crippen LogP contribution is -2.37. The molecule has 1 fully saturated rings. The normalized spacial score (nSPS) is 16.6. The summed E-state index contributed by atoms with van der Waals surface area (Å²) in [5.41, 5.74) is 4.37. The van der Waals surface area contributed by atoms with Crippen LogP contribution in [0.3, 0.4) is 0 Å². The van der Waals surface area contributed by atoms with Crippen molar-refractivity contribution in [3.05, 3.63) is 46.5 Å². The monoisotopic (exact) mass is 380 g/mol. The molecule has 0 saturated carbocycles. The first-order chi connectivity index (χ1) is 13.5. The summed E-state index contributed by atoms with van der Waals surface area (Å²) in [4.78, 5) is 32.5. The van der Waals surface area contributed by atoms with Crippen molar-refractivity contribution in [1.29, 1.82) is 0 Å². The molecule has 6 nitrogen and oxygen atoms in total. The van der Waals surface area contributed by atoms with Crippen LogP contribution < -0.4 is 5.32 Å². The number of benzene rings is 1. The van der Waals surface area contributed by atoms with Gasteiger partial charge < -0.3 is 14.8 Å². The lowest BCUT2D eigenvalue weighted by Gasteiger charge is -2.27. The maximum absolute atomic E-state index is 13.1. The number of hydrogen-bond acceptors (Lipinski definition) is 3. The van der Waals surface area contributed by atoms with Crippen LogP contribution in [0.25, 0.3) is 0 Å². The van der Waals surface area contributed by atoms with Crippen molar-refractivity contribution in [2.45, 2.75) is 58.9 Å². The maximum atomic E-state index is 13.1. The highest BCUT2D eigenvalue weighted by Crippen LogP contribution is 2.24. The Morgan fingerprint density at radius 2 is 1.71 bits per heavy atom. The molecule has 0 spiro atoms. The third kappa shape index (κ3) is 3.55. The Morgan fingerprint density at radius 3 is 2.46 bits per heavy atom. The SMILES string of the molecule is Cc1ccc(NC(=O)c2nc(C(=O)N3CCCCC3)n3c2CCCC3)cc1C. The molecule has 3 heterocycles. The van der Waals surface area contributed by atoms with E-state index in [4.69, 9.17) is 0 Å². The highest BCUT2D eigenvalue weighted by Gasteiger charge is 2.30. The average Bonchev–Trinajstić information content (AvgIpc) is 3.11. The van der Waals surface area contributed by atoms with E-state index in [0.717, 1.165) is 68.7 Å². The minimum atomic E-state index is -0.230. The van der Waals surface area contributed by atoms with Gasteiger partial charge in [0.05, 0.1) is 5.69 Å². The van der Waals surface area contributed by atoms with Crippen LogP contribution >= 0.6 is 0 Å². The number of amides is 2.